The van der Waals surface area contributed by atoms with Gasteiger partial charge in [-0.3, -0.25) is 0 Å². The number of piperidine rings is 1. The zero-order valence-corrected chi connectivity index (χ0v) is 21.6. The lowest BCUT2D eigenvalue weighted by Gasteiger charge is -2.34. The van der Waals surface area contributed by atoms with Gasteiger partial charge in [0.05, 0.1) is 6.10 Å². The number of nitrogens with zero attached hydrogens (tertiary/aromatic N) is 3. The van der Waals surface area contributed by atoms with Crippen molar-refractivity contribution < 1.29 is 5.11 Å². The van der Waals surface area contributed by atoms with E-state index in [2.05, 4.69) is 31.5 Å². The van der Waals surface area contributed by atoms with E-state index in [4.69, 9.17) is 9.97 Å². The zero-order valence-electron chi connectivity index (χ0n) is 20.1. The summed E-state index contributed by atoms with van der Waals surface area (Å²) >= 11 is 3.54. The number of halogens is 1. The predicted octanol–water partition coefficient (Wildman–Crippen LogP) is 6.07. The number of hydrogen-bond acceptors (Lipinski definition) is 6. The molecule has 1 aromatic heterocycles. The molecule has 0 unspecified atom stereocenters. The van der Waals surface area contributed by atoms with E-state index in [9.17, 15) is 5.11 Å². The molecule has 1 saturated heterocycles. The summed E-state index contributed by atoms with van der Waals surface area (Å²) in [7, 11) is 0. The number of anilines is 3. The van der Waals surface area contributed by atoms with Gasteiger partial charge in [0, 0.05) is 34.5 Å². The molecule has 7 heteroatoms. The van der Waals surface area contributed by atoms with Gasteiger partial charge in [-0.05, 0) is 94.5 Å². The van der Waals surface area contributed by atoms with Crippen LogP contribution in [0.15, 0.2) is 34.9 Å². The molecule has 6 nitrogen and oxygen atoms in total. The van der Waals surface area contributed by atoms with E-state index >= 15 is 0 Å². The highest BCUT2D eigenvalue weighted by Crippen LogP contribution is 2.35. The lowest BCUT2D eigenvalue weighted by atomic mass is 9.89. The fourth-order valence-electron chi connectivity index (χ4n) is 5.96. The largest absolute Gasteiger partial charge is 0.393 e. The van der Waals surface area contributed by atoms with Gasteiger partial charge in [0.25, 0.3) is 0 Å². The van der Waals surface area contributed by atoms with Crippen molar-refractivity contribution >= 4 is 33.4 Å². The number of aromatic nitrogens is 2. The lowest BCUT2D eigenvalue weighted by molar-refractivity contribution is 0.126. The molecule has 3 fully saturated rings. The second-order valence-electron chi connectivity index (χ2n) is 10.5. The van der Waals surface area contributed by atoms with Crippen LogP contribution >= 0.6 is 15.9 Å². The summed E-state index contributed by atoms with van der Waals surface area (Å²) < 4.78 is 1.03. The molecule has 2 aliphatic carbocycles. The first-order chi connectivity index (χ1) is 16.6. The van der Waals surface area contributed by atoms with Crippen LogP contribution in [0, 0.1) is 5.92 Å². The molecule has 3 N–H and O–H groups in total. The summed E-state index contributed by atoms with van der Waals surface area (Å²) in [5.74, 6) is 3.01. The fourth-order valence-corrected chi connectivity index (χ4v) is 6.36. The van der Waals surface area contributed by atoms with Crippen LogP contribution in [0.5, 0.6) is 0 Å². The van der Waals surface area contributed by atoms with Crippen LogP contribution in [0.1, 0.15) is 75.7 Å². The summed E-state index contributed by atoms with van der Waals surface area (Å²) in [5.41, 5.74) is 2.22. The van der Waals surface area contributed by atoms with E-state index in [1.54, 1.807) is 0 Å². The molecule has 5 rings (SSSR count). The van der Waals surface area contributed by atoms with Gasteiger partial charge in [-0.25, -0.2) is 4.98 Å². The maximum absolute atomic E-state index is 9.94. The first-order valence-corrected chi connectivity index (χ1v) is 14.0. The minimum atomic E-state index is -0.152. The Morgan fingerprint density at radius 2 is 1.76 bits per heavy atom. The summed E-state index contributed by atoms with van der Waals surface area (Å²) in [6.45, 7) is 3.64. The van der Waals surface area contributed by atoms with Crippen molar-refractivity contribution in [3.05, 3.63) is 40.5 Å². The Balaban J connectivity index is 1.29. The molecule has 0 radical (unpaired) electrons. The molecule has 34 heavy (non-hydrogen) atoms. The molecule has 2 heterocycles. The first-order valence-electron chi connectivity index (χ1n) is 13.2. The van der Waals surface area contributed by atoms with Gasteiger partial charge in [-0.1, -0.05) is 34.8 Å². The Morgan fingerprint density at radius 3 is 2.50 bits per heavy atom. The molecule has 0 atom stereocenters. The highest BCUT2D eigenvalue weighted by molar-refractivity contribution is 9.10. The van der Waals surface area contributed by atoms with Crippen LogP contribution < -0.4 is 10.6 Å². The van der Waals surface area contributed by atoms with E-state index in [0.29, 0.717) is 17.9 Å². The van der Waals surface area contributed by atoms with Crippen molar-refractivity contribution in [2.24, 2.45) is 5.92 Å². The number of nitrogens with one attached hydrogen (secondary N) is 2. The van der Waals surface area contributed by atoms with Crippen molar-refractivity contribution in [2.45, 2.75) is 82.3 Å². The van der Waals surface area contributed by atoms with Gasteiger partial charge in [-0.15, -0.1) is 0 Å². The molecule has 3 aliphatic rings. The maximum Gasteiger partial charge on any atom is 0.229 e. The number of likely N-dealkylation sites (tertiary alicyclic amines) is 1. The van der Waals surface area contributed by atoms with Gasteiger partial charge in [0.15, 0.2) is 0 Å². The Labute approximate surface area is 212 Å². The second kappa shape index (κ2) is 11.4. The standard InChI is InChI=1S/C27H38BrN5O/c28-21-6-3-7-23(16-21)31-27-29-17-25(26(32-27)30-22-8-10-24(34)11-9-22)20-12-14-33(15-13-20)18-19-4-1-2-5-19/h3,6-7,16-17,19-20,22,24,34H,1-2,4-5,8-15,18H2,(H2,29,30,31,32). The van der Waals surface area contributed by atoms with Crippen LogP contribution in [0.3, 0.4) is 0 Å². The summed E-state index contributed by atoms with van der Waals surface area (Å²) in [5, 5.41) is 17.1. The molecule has 1 aromatic carbocycles. The van der Waals surface area contributed by atoms with Gasteiger partial charge >= 0.3 is 0 Å². The lowest BCUT2D eigenvalue weighted by Crippen LogP contribution is -2.36. The third kappa shape index (κ3) is 6.29. The number of benzene rings is 1. The van der Waals surface area contributed by atoms with E-state index < -0.39 is 0 Å². The van der Waals surface area contributed by atoms with Crippen LogP contribution in [0.2, 0.25) is 0 Å². The molecule has 184 valence electrons. The Kier molecular flexibility index (Phi) is 8.02. The van der Waals surface area contributed by atoms with Crippen molar-refractivity contribution in [1.82, 2.24) is 14.9 Å². The van der Waals surface area contributed by atoms with E-state index in [1.807, 2.05) is 30.5 Å². The number of aliphatic hydroxyl groups excluding tert-OH is 1. The Morgan fingerprint density at radius 1 is 1.00 bits per heavy atom. The molecule has 0 spiro atoms. The van der Waals surface area contributed by atoms with Crippen molar-refractivity contribution in [2.75, 3.05) is 30.3 Å². The van der Waals surface area contributed by atoms with Gasteiger partial charge < -0.3 is 20.6 Å². The average molecular weight is 529 g/mol. The monoisotopic (exact) mass is 527 g/mol. The van der Waals surface area contributed by atoms with Crippen LogP contribution in [0.4, 0.5) is 17.5 Å². The fraction of sp³-hybridized carbons (Fsp3) is 0.630. The highest BCUT2D eigenvalue weighted by atomic mass is 79.9. The number of aliphatic hydroxyl groups is 1. The van der Waals surface area contributed by atoms with Crippen LogP contribution in [-0.4, -0.2) is 51.8 Å². The predicted molar refractivity (Wildman–Crippen MR) is 142 cm³/mol. The third-order valence-corrected chi connectivity index (χ3v) is 8.45. The van der Waals surface area contributed by atoms with Crippen molar-refractivity contribution in [3.63, 3.8) is 0 Å². The molecule has 2 saturated carbocycles. The summed E-state index contributed by atoms with van der Waals surface area (Å²) in [6.07, 6.45) is 13.6. The minimum Gasteiger partial charge on any atom is -0.393 e. The van der Waals surface area contributed by atoms with E-state index in [0.717, 1.165) is 47.6 Å². The topological polar surface area (TPSA) is 73.3 Å². The molecule has 2 aromatic rings. The van der Waals surface area contributed by atoms with Crippen LogP contribution in [-0.2, 0) is 0 Å². The second-order valence-corrected chi connectivity index (χ2v) is 11.4. The van der Waals surface area contributed by atoms with E-state index in [-0.39, 0.29) is 6.10 Å². The molecule has 0 amide bonds. The van der Waals surface area contributed by atoms with Gasteiger partial charge in [-0.2, -0.15) is 4.98 Å². The first kappa shape index (κ1) is 24.0. The molecular weight excluding hydrogens is 490 g/mol. The summed E-state index contributed by atoms with van der Waals surface area (Å²) in [4.78, 5) is 12.4. The van der Waals surface area contributed by atoms with Gasteiger partial charge in [0.2, 0.25) is 5.95 Å². The number of hydrogen-bond donors (Lipinski definition) is 3. The zero-order chi connectivity index (χ0) is 23.3. The molecule has 0 bridgehead atoms. The minimum absolute atomic E-state index is 0.152. The normalized spacial score (nSPS) is 24.9. The SMILES string of the molecule is OC1CCC(Nc2nc(Nc3cccc(Br)c3)ncc2C2CCN(CC3CCCC3)CC2)CC1. The Bertz CT molecular complexity index is 934. The maximum atomic E-state index is 9.94. The smallest absolute Gasteiger partial charge is 0.229 e. The van der Waals surface area contributed by atoms with Crippen molar-refractivity contribution in [3.8, 4) is 0 Å². The molecular formula is C27H38BrN5O. The quantitative estimate of drug-likeness (QED) is 0.405. The average Bonchev–Trinajstić information content (AvgIpc) is 3.35. The van der Waals surface area contributed by atoms with E-state index in [1.165, 1.54) is 63.7 Å². The summed E-state index contributed by atoms with van der Waals surface area (Å²) in [6, 6.07) is 8.44. The third-order valence-electron chi connectivity index (χ3n) is 7.95. The van der Waals surface area contributed by atoms with Crippen molar-refractivity contribution in [1.29, 1.82) is 0 Å². The number of rotatable bonds is 7. The van der Waals surface area contributed by atoms with Gasteiger partial charge in [0.1, 0.15) is 5.82 Å². The van der Waals surface area contributed by atoms with Crippen LogP contribution in [0.25, 0.3) is 0 Å². The molecule has 1 aliphatic heterocycles. The Hall–Kier alpha value is -1.70. The highest BCUT2D eigenvalue weighted by Gasteiger charge is 2.28.